The number of amides is 2. The van der Waals surface area contributed by atoms with Crippen molar-refractivity contribution in [2.75, 3.05) is 0 Å². The van der Waals surface area contributed by atoms with Gasteiger partial charge in [-0.1, -0.05) is 42.0 Å². The van der Waals surface area contributed by atoms with E-state index in [0.717, 1.165) is 12.0 Å². The second kappa shape index (κ2) is 4.89. The van der Waals surface area contributed by atoms with Crippen LogP contribution in [0.3, 0.4) is 0 Å². The fourth-order valence-electron chi connectivity index (χ4n) is 3.33. The molecule has 2 amide bonds. The van der Waals surface area contributed by atoms with Crippen molar-refractivity contribution in [3.8, 4) is 0 Å². The Bertz CT molecular complexity index is 576. The second-order valence-electron chi connectivity index (χ2n) is 5.84. The molecule has 2 aliphatic rings. The molecule has 0 unspecified atom stereocenters. The third kappa shape index (κ3) is 1.98. The summed E-state index contributed by atoms with van der Waals surface area (Å²) in [6.07, 6.45) is 3.54. The average molecular weight is 269 g/mol. The van der Waals surface area contributed by atoms with E-state index in [2.05, 4.69) is 6.08 Å². The van der Waals surface area contributed by atoms with E-state index in [4.69, 9.17) is 0 Å². The number of allylic oxidation sites excluding steroid dienone is 2. The van der Waals surface area contributed by atoms with Gasteiger partial charge in [-0.05, 0) is 32.3 Å². The summed E-state index contributed by atoms with van der Waals surface area (Å²) in [5, 5.41) is 0. The summed E-state index contributed by atoms with van der Waals surface area (Å²) < 4.78 is 0. The minimum Gasteiger partial charge on any atom is -0.275 e. The molecule has 0 spiro atoms. The Morgan fingerprint density at radius 3 is 2.45 bits per heavy atom. The third-order valence-corrected chi connectivity index (χ3v) is 4.53. The smallest absolute Gasteiger partial charge is 0.233 e. The number of hydrogen-bond acceptors (Lipinski definition) is 2. The molecule has 3 nitrogen and oxygen atoms in total. The molecular weight excluding hydrogens is 250 g/mol. The zero-order valence-corrected chi connectivity index (χ0v) is 11.9. The SMILES string of the molecule is CC1=CC[C@@H]2C(=O)N([C@H](C)c3ccccc3)C(=O)[C@@H]2C1. The molecule has 3 atom stereocenters. The molecule has 3 rings (SSSR count). The number of rotatable bonds is 2. The average Bonchev–Trinajstić information content (AvgIpc) is 2.71. The Morgan fingerprint density at radius 1 is 1.10 bits per heavy atom. The normalized spacial score (nSPS) is 27.3. The first-order valence-corrected chi connectivity index (χ1v) is 7.17. The number of hydrogen-bond donors (Lipinski definition) is 0. The van der Waals surface area contributed by atoms with Crippen LogP contribution < -0.4 is 0 Å². The summed E-state index contributed by atoms with van der Waals surface area (Å²) in [5.74, 6) is -0.278. The summed E-state index contributed by atoms with van der Waals surface area (Å²) in [4.78, 5) is 26.6. The topological polar surface area (TPSA) is 37.4 Å². The van der Waals surface area contributed by atoms with Crippen LogP contribution >= 0.6 is 0 Å². The quantitative estimate of drug-likeness (QED) is 0.611. The van der Waals surface area contributed by atoms with Gasteiger partial charge in [0.25, 0.3) is 0 Å². The number of benzene rings is 1. The minimum atomic E-state index is -0.179. The van der Waals surface area contributed by atoms with Crippen molar-refractivity contribution < 1.29 is 9.59 Å². The number of carbonyl (C=O) groups excluding carboxylic acids is 2. The monoisotopic (exact) mass is 269 g/mol. The van der Waals surface area contributed by atoms with Gasteiger partial charge in [0.05, 0.1) is 17.9 Å². The maximum Gasteiger partial charge on any atom is 0.233 e. The third-order valence-electron chi connectivity index (χ3n) is 4.53. The van der Waals surface area contributed by atoms with Crippen molar-refractivity contribution in [3.63, 3.8) is 0 Å². The Kier molecular flexibility index (Phi) is 3.20. The van der Waals surface area contributed by atoms with Crippen LogP contribution in [-0.4, -0.2) is 16.7 Å². The molecule has 3 heteroatoms. The van der Waals surface area contributed by atoms with Crippen molar-refractivity contribution in [2.45, 2.75) is 32.7 Å². The lowest BCUT2D eigenvalue weighted by molar-refractivity contribution is -0.142. The van der Waals surface area contributed by atoms with Gasteiger partial charge in [0, 0.05) is 0 Å². The fourth-order valence-corrected chi connectivity index (χ4v) is 3.33. The van der Waals surface area contributed by atoms with Crippen molar-refractivity contribution >= 4 is 11.8 Å². The Balaban J connectivity index is 1.89. The van der Waals surface area contributed by atoms with Crippen LogP contribution in [0.2, 0.25) is 0 Å². The van der Waals surface area contributed by atoms with Crippen LogP contribution in [0.15, 0.2) is 42.0 Å². The van der Waals surface area contributed by atoms with Gasteiger partial charge in [0.15, 0.2) is 0 Å². The Labute approximate surface area is 119 Å². The number of carbonyl (C=O) groups is 2. The lowest BCUT2D eigenvalue weighted by Crippen LogP contribution is -2.33. The number of nitrogens with zero attached hydrogens (tertiary/aromatic N) is 1. The molecule has 1 aliphatic heterocycles. The fraction of sp³-hybridized carbons (Fsp3) is 0.412. The van der Waals surface area contributed by atoms with Crippen molar-refractivity contribution in [3.05, 3.63) is 47.5 Å². The first kappa shape index (κ1) is 13.1. The maximum absolute atomic E-state index is 12.6. The molecule has 1 fully saturated rings. The van der Waals surface area contributed by atoms with E-state index >= 15 is 0 Å². The van der Waals surface area contributed by atoms with Gasteiger partial charge < -0.3 is 0 Å². The van der Waals surface area contributed by atoms with E-state index in [1.54, 1.807) is 0 Å². The molecule has 104 valence electrons. The van der Waals surface area contributed by atoms with Gasteiger partial charge in [-0.15, -0.1) is 0 Å². The predicted octanol–water partition coefficient (Wildman–Crippen LogP) is 3.09. The summed E-state index contributed by atoms with van der Waals surface area (Å²) in [5.41, 5.74) is 2.24. The van der Waals surface area contributed by atoms with Crippen LogP contribution in [0, 0.1) is 11.8 Å². The molecule has 1 aliphatic carbocycles. The van der Waals surface area contributed by atoms with Crippen molar-refractivity contribution in [1.29, 1.82) is 0 Å². The van der Waals surface area contributed by atoms with Crippen molar-refractivity contribution in [1.82, 2.24) is 4.90 Å². The molecule has 1 aromatic carbocycles. The minimum absolute atomic E-state index is 0.0000954. The Morgan fingerprint density at radius 2 is 1.75 bits per heavy atom. The molecule has 0 saturated carbocycles. The van der Waals surface area contributed by atoms with Gasteiger partial charge >= 0.3 is 0 Å². The Hall–Kier alpha value is -1.90. The largest absolute Gasteiger partial charge is 0.275 e. The van der Waals surface area contributed by atoms with Gasteiger partial charge in [0.1, 0.15) is 0 Å². The molecule has 0 aromatic heterocycles. The van der Waals surface area contributed by atoms with Gasteiger partial charge in [-0.3, -0.25) is 14.5 Å². The summed E-state index contributed by atoms with van der Waals surface area (Å²) in [6, 6.07) is 9.58. The number of fused-ring (bicyclic) bond motifs is 1. The first-order valence-electron chi connectivity index (χ1n) is 7.17. The molecule has 0 N–H and O–H groups in total. The molecule has 0 radical (unpaired) electrons. The lowest BCUT2D eigenvalue weighted by Gasteiger charge is -2.23. The predicted molar refractivity (Wildman–Crippen MR) is 76.7 cm³/mol. The first-order chi connectivity index (χ1) is 9.59. The van der Waals surface area contributed by atoms with E-state index < -0.39 is 0 Å². The highest BCUT2D eigenvalue weighted by molar-refractivity contribution is 6.05. The van der Waals surface area contributed by atoms with Gasteiger partial charge in [0.2, 0.25) is 11.8 Å². The lowest BCUT2D eigenvalue weighted by atomic mass is 9.82. The highest BCUT2D eigenvalue weighted by atomic mass is 16.2. The van der Waals surface area contributed by atoms with E-state index in [-0.39, 0.29) is 29.7 Å². The summed E-state index contributed by atoms with van der Waals surface area (Å²) >= 11 is 0. The molecular formula is C17H19NO2. The number of imide groups is 1. The van der Waals surface area contributed by atoms with Crippen LogP contribution in [0.25, 0.3) is 0 Å². The molecule has 1 aromatic rings. The van der Waals surface area contributed by atoms with E-state index in [1.165, 1.54) is 10.5 Å². The zero-order chi connectivity index (χ0) is 14.3. The molecule has 0 bridgehead atoms. The van der Waals surface area contributed by atoms with Crippen LogP contribution in [0.5, 0.6) is 0 Å². The van der Waals surface area contributed by atoms with Gasteiger partial charge in [-0.25, -0.2) is 0 Å². The maximum atomic E-state index is 12.6. The van der Waals surface area contributed by atoms with E-state index in [1.807, 2.05) is 44.2 Å². The van der Waals surface area contributed by atoms with Crippen LogP contribution in [-0.2, 0) is 9.59 Å². The summed E-state index contributed by atoms with van der Waals surface area (Å²) in [6.45, 7) is 3.97. The number of likely N-dealkylation sites (tertiary alicyclic amines) is 1. The highest BCUT2D eigenvalue weighted by Gasteiger charge is 2.49. The standard InChI is InChI=1S/C17H19NO2/c1-11-8-9-14-15(10-11)17(20)18(16(14)19)12(2)13-6-4-3-5-7-13/h3-8,12,14-15H,9-10H2,1-2H3/t12-,14+,15-/m1/s1. The zero-order valence-electron chi connectivity index (χ0n) is 11.9. The second-order valence-corrected chi connectivity index (χ2v) is 5.84. The molecule has 20 heavy (non-hydrogen) atoms. The molecule has 1 saturated heterocycles. The van der Waals surface area contributed by atoms with Gasteiger partial charge in [-0.2, -0.15) is 0 Å². The highest BCUT2D eigenvalue weighted by Crippen LogP contribution is 2.40. The van der Waals surface area contributed by atoms with Crippen molar-refractivity contribution in [2.24, 2.45) is 11.8 Å². The van der Waals surface area contributed by atoms with E-state index in [9.17, 15) is 9.59 Å². The molecule has 1 heterocycles. The van der Waals surface area contributed by atoms with E-state index in [0.29, 0.717) is 6.42 Å². The van der Waals surface area contributed by atoms with Crippen LogP contribution in [0.1, 0.15) is 38.3 Å². The summed E-state index contributed by atoms with van der Waals surface area (Å²) in [7, 11) is 0. The van der Waals surface area contributed by atoms with Crippen LogP contribution in [0.4, 0.5) is 0 Å².